The Morgan fingerprint density at radius 2 is 1.53 bits per heavy atom. The van der Waals surface area contributed by atoms with Crippen LogP contribution in [0, 0.1) is 5.92 Å². The van der Waals surface area contributed by atoms with Crippen LogP contribution in [0.3, 0.4) is 0 Å². The molecule has 2 unspecified atom stereocenters. The van der Waals surface area contributed by atoms with Crippen LogP contribution in [0.1, 0.15) is 32.3 Å². The lowest BCUT2D eigenvalue weighted by atomic mass is 9.81. The Bertz CT molecular complexity index is 404. The van der Waals surface area contributed by atoms with E-state index in [9.17, 15) is 0 Å². The highest BCUT2D eigenvalue weighted by Crippen LogP contribution is 2.29. The van der Waals surface area contributed by atoms with Crippen molar-refractivity contribution in [1.29, 1.82) is 0 Å². The summed E-state index contributed by atoms with van der Waals surface area (Å²) in [5.74, 6) is 0.841. The van der Waals surface area contributed by atoms with Gasteiger partial charge in [-0.3, -0.25) is 0 Å². The fourth-order valence-corrected chi connectivity index (χ4v) is 2.10. The number of hydrogen-bond donors (Lipinski definition) is 0. The molecule has 1 heterocycles. The van der Waals surface area contributed by atoms with Crippen LogP contribution in [0.5, 0.6) is 0 Å². The summed E-state index contributed by atoms with van der Waals surface area (Å²) in [5.41, 5.74) is 3.56. The minimum absolute atomic E-state index is 0.392. The van der Waals surface area contributed by atoms with Crippen molar-refractivity contribution in [2.75, 3.05) is 0 Å². The fourth-order valence-electron chi connectivity index (χ4n) is 2.10. The smallest absolute Gasteiger partial charge is 0.0456 e. The van der Waals surface area contributed by atoms with Crippen molar-refractivity contribution in [2.45, 2.75) is 26.7 Å². The standard InChI is InChI=1S/C13H16N2/c1-9-10(2)14-15-11(3)13(9)12-7-5-4-6-8-12/h4-9,13H,1-3H3. The fraction of sp³-hybridized carbons (Fsp3) is 0.385. The minimum Gasteiger partial charge on any atom is -0.160 e. The van der Waals surface area contributed by atoms with Crippen LogP contribution in [0.4, 0.5) is 0 Å². The molecule has 1 aromatic carbocycles. The van der Waals surface area contributed by atoms with E-state index >= 15 is 0 Å². The van der Waals surface area contributed by atoms with Crippen LogP contribution < -0.4 is 0 Å². The number of nitrogens with zero attached hydrogens (tertiary/aromatic N) is 2. The molecule has 0 aromatic heterocycles. The molecule has 2 heteroatoms. The van der Waals surface area contributed by atoms with Gasteiger partial charge in [0.05, 0.1) is 0 Å². The topological polar surface area (TPSA) is 24.7 Å². The van der Waals surface area contributed by atoms with Crippen LogP contribution in [0.15, 0.2) is 40.5 Å². The summed E-state index contributed by atoms with van der Waals surface area (Å²) in [7, 11) is 0. The Morgan fingerprint density at radius 1 is 0.933 bits per heavy atom. The molecular weight excluding hydrogens is 184 g/mol. The van der Waals surface area contributed by atoms with Gasteiger partial charge in [0.15, 0.2) is 0 Å². The molecule has 1 aromatic rings. The highest BCUT2D eigenvalue weighted by molar-refractivity contribution is 5.98. The minimum atomic E-state index is 0.392. The number of rotatable bonds is 1. The molecule has 2 rings (SSSR count). The van der Waals surface area contributed by atoms with Crippen LogP contribution >= 0.6 is 0 Å². The van der Waals surface area contributed by atoms with Gasteiger partial charge in [-0.05, 0) is 19.4 Å². The van der Waals surface area contributed by atoms with E-state index in [2.05, 4.69) is 55.2 Å². The normalized spacial score (nSPS) is 25.8. The largest absolute Gasteiger partial charge is 0.160 e. The lowest BCUT2D eigenvalue weighted by molar-refractivity contribution is 0.683. The summed E-state index contributed by atoms with van der Waals surface area (Å²) < 4.78 is 0. The molecule has 1 aliphatic heterocycles. The van der Waals surface area contributed by atoms with E-state index in [1.165, 1.54) is 5.56 Å². The van der Waals surface area contributed by atoms with Gasteiger partial charge < -0.3 is 0 Å². The van der Waals surface area contributed by atoms with Gasteiger partial charge in [-0.15, -0.1) is 0 Å². The van der Waals surface area contributed by atoms with Gasteiger partial charge in [-0.2, -0.15) is 10.2 Å². The zero-order chi connectivity index (χ0) is 10.8. The SMILES string of the molecule is CC1=NN=C(C)C(c2ccccc2)C1C. The average Bonchev–Trinajstić information content (AvgIpc) is 2.26. The molecule has 78 valence electrons. The van der Waals surface area contributed by atoms with E-state index in [4.69, 9.17) is 0 Å². The molecule has 1 aliphatic rings. The van der Waals surface area contributed by atoms with Gasteiger partial charge >= 0.3 is 0 Å². The summed E-state index contributed by atoms with van der Waals surface area (Å²) in [6, 6.07) is 10.5. The van der Waals surface area contributed by atoms with E-state index < -0.39 is 0 Å². The van der Waals surface area contributed by atoms with Crippen LogP contribution in [-0.4, -0.2) is 11.4 Å². The maximum atomic E-state index is 4.22. The molecule has 0 radical (unpaired) electrons. The lowest BCUT2D eigenvalue weighted by Gasteiger charge is -2.26. The third-order valence-electron chi connectivity index (χ3n) is 3.13. The lowest BCUT2D eigenvalue weighted by Crippen LogP contribution is -2.26. The number of hydrogen-bond acceptors (Lipinski definition) is 2. The Balaban J connectivity index is 2.38. The maximum absolute atomic E-state index is 4.22. The van der Waals surface area contributed by atoms with Gasteiger partial charge in [-0.1, -0.05) is 37.3 Å². The second-order valence-corrected chi connectivity index (χ2v) is 4.16. The molecule has 0 N–H and O–H groups in total. The first-order chi connectivity index (χ1) is 7.20. The van der Waals surface area contributed by atoms with Crippen molar-refractivity contribution < 1.29 is 0 Å². The predicted molar refractivity (Wildman–Crippen MR) is 64.6 cm³/mol. The van der Waals surface area contributed by atoms with Crippen molar-refractivity contribution in [2.24, 2.45) is 16.1 Å². The molecule has 0 fully saturated rings. The van der Waals surface area contributed by atoms with E-state index in [0.29, 0.717) is 11.8 Å². The predicted octanol–water partition coefficient (Wildman–Crippen LogP) is 3.26. The van der Waals surface area contributed by atoms with Gasteiger partial charge in [0.2, 0.25) is 0 Å². The summed E-state index contributed by atoms with van der Waals surface area (Å²) in [4.78, 5) is 0. The molecular formula is C13H16N2. The van der Waals surface area contributed by atoms with Crippen molar-refractivity contribution in [3.8, 4) is 0 Å². The van der Waals surface area contributed by atoms with Crippen LogP contribution in [-0.2, 0) is 0 Å². The summed E-state index contributed by atoms with van der Waals surface area (Å²) in [6.45, 7) is 6.33. The van der Waals surface area contributed by atoms with Gasteiger partial charge in [0.25, 0.3) is 0 Å². The first kappa shape index (κ1) is 10.1. The molecule has 15 heavy (non-hydrogen) atoms. The Hall–Kier alpha value is -1.44. The molecule has 0 spiro atoms. The Kier molecular flexibility index (Phi) is 2.67. The molecule has 0 bridgehead atoms. The van der Waals surface area contributed by atoms with Gasteiger partial charge in [0, 0.05) is 23.3 Å². The van der Waals surface area contributed by atoms with Crippen molar-refractivity contribution >= 4 is 11.4 Å². The first-order valence-electron chi connectivity index (χ1n) is 5.33. The van der Waals surface area contributed by atoms with Crippen molar-refractivity contribution in [3.05, 3.63) is 35.9 Å². The van der Waals surface area contributed by atoms with Crippen molar-refractivity contribution in [1.82, 2.24) is 0 Å². The van der Waals surface area contributed by atoms with E-state index in [1.54, 1.807) is 0 Å². The Labute approximate surface area is 90.7 Å². The number of benzene rings is 1. The third-order valence-corrected chi connectivity index (χ3v) is 3.13. The molecule has 0 saturated heterocycles. The summed E-state index contributed by atoms with van der Waals surface area (Å²) >= 11 is 0. The zero-order valence-electron chi connectivity index (χ0n) is 9.44. The summed E-state index contributed by atoms with van der Waals surface area (Å²) in [6.07, 6.45) is 0. The second-order valence-electron chi connectivity index (χ2n) is 4.16. The highest BCUT2D eigenvalue weighted by atomic mass is 15.2. The second kappa shape index (κ2) is 3.97. The first-order valence-corrected chi connectivity index (χ1v) is 5.33. The zero-order valence-corrected chi connectivity index (χ0v) is 9.44. The Morgan fingerprint density at radius 3 is 2.20 bits per heavy atom. The van der Waals surface area contributed by atoms with E-state index in [1.807, 2.05) is 6.07 Å². The molecule has 2 nitrogen and oxygen atoms in total. The van der Waals surface area contributed by atoms with Gasteiger partial charge in [0.1, 0.15) is 0 Å². The maximum Gasteiger partial charge on any atom is 0.0456 e. The van der Waals surface area contributed by atoms with E-state index in [-0.39, 0.29) is 0 Å². The average molecular weight is 200 g/mol. The molecule has 0 aliphatic carbocycles. The highest BCUT2D eigenvalue weighted by Gasteiger charge is 2.26. The molecule has 0 amide bonds. The quantitative estimate of drug-likeness (QED) is 0.664. The monoisotopic (exact) mass is 200 g/mol. The van der Waals surface area contributed by atoms with Crippen LogP contribution in [0.2, 0.25) is 0 Å². The van der Waals surface area contributed by atoms with Crippen LogP contribution in [0.25, 0.3) is 0 Å². The molecule has 0 saturated carbocycles. The summed E-state index contributed by atoms with van der Waals surface area (Å²) in [5, 5.41) is 8.40. The van der Waals surface area contributed by atoms with E-state index in [0.717, 1.165) is 11.4 Å². The molecule has 2 atom stereocenters. The van der Waals surface area contributed by atoms with Gasteiger partial charge in [-0.25, -0.2) is 0 Å². The van der Waals surface area contributed by atoms with Crippen molar-refractivity contribution in [3.63, 3.8) is 0 Å². The third kappa shape index (κ3) is 1.84.